The number of benzene rings is 1. The van der Waals surface area contributed by atoms with Crippen molar-refractivity contribution in [1.29, 1.82) is 0 Å². The molecule has 7 heterocycles. The second-order valence-electron chi connectivity index (χ2n) is 13.8. The number of amides is 2. The molecule has 0 aliphatic heterocycles. The van der Waals surface area contributed by atoms with E-state index in [-0.39, 0.29) is 68.3 Å². The minimum Gasteiger partial charge on any atom is -1.00 e. The Labute approximate surface area is 398 Å². The standard InChI is InChI=1S/C25H29N11O4.2C10H8N2.ClH.Os/c1-36(12-16-11-30-22-20(32-16)21(26)34-25(27)35-22)17-4-2-14(3-5-17)23(38)33-18(24(39)40)6-7-19(37)29-9-8-15-10-28-13-31-15;2*1-3-7-11-9(5-1)10-6-2-4-8-12-10;;/h2-5,10-11,13,18H,6-9,12H2,1H3,(H,28,31)(H,29,37)(H,33,38)(H,39,40)(H4,26,27,30,34,35);2*1-8H;1H;/q;;;;+2/p-2/t18-;;;;/m1..../s1. The zero-order valence-corrected chi connectivity index (χ0v) is 38.7. The van der Waals surface area contributed by atoms with Gasteiger partial charge in [-0.15, -0.1) is 0 Å². The molecule has 0 saturated heterocycles. The molecule has 7 aromatic heterocycles. The van der Waals surface area contributed by atoms with E-state index < -0.39 is 17.9 Å². The summed E-state index contributed by atoms with van der Waals surface area (Å²) in [6.45, 7) is 0.740. The van der Waals surface area contributed by atoms with Crippen molar-refractivity contribution in [3.05, 3.63) is 158 Å². The van der Waals surface area contributed by atoms with E-state index in [4.69, 9.17) is 11.5 Å². The Kier molecular flexibility index (Phi) is 20.1. The van der Waals surface area contributed by atoms with E-state index in [2.05, 4.69) is 60.5 Å². The molecule has 338 valence electrons. The van der Waals surface area contributed by atoms with Crippen LogP contribution in [0.3, 0.4) is 0 Å². The predicted octanol–water partition coefficient (Wildman–Crippen LogP) is 0.220. The molecule has 0 spiro atoms. The van der Waals surface area contributed by atoms with Crippen LogP contribution in [0.25, 0.3) is 33.9 Å². The van der Waals surface area contributed by atoms with Gasteiger partial charge in [0.15, 0.2) is 17.0 Å². The molecule has 7 N–H and O–H groups in total. The number of carbonyl (C=O) groups excluding carboxylic acids is 3. The average molecular weight is 1080 g/mol. The number of pyridine rings is 4. The van der Waals surface area contributed by atoms with Gasteiger partial charge < -0.3 is 54.3 Å². The van der Waals surface area contributed by atoms with Crippen LogP contribution in [-0.2, 0) is 42.3 Å². The van der Waals surface area contributed by atoms with Crippen molar-refractivity contribution in [3.63, 3.8) is 0 Å². The van der Waals surface area contributed by atoms with Crippen LogP contribution in [0.2, 0.25) is 0 Å². The van der Waals surface area contributed by atoms with E-state index in [1.54, 1.807) is 67.8 Å². The summed E-state index contributed by atoms with van der Waals surface area (Å²) in [5, 5.41) is 16.7. The summed E-state index contributed by atoms with van der Waals surface area (Å²) in [7, 11) is 1.83. The van der Waals surface area contributed by atoms with Gasteiger partial charge in [-0.05, 0) is 79.2 Å². The first kappa shape index (κ1) is 50.8. The minimum atomic E-state index is -1.47. The number of carbonyl (C=O) groups is 3. The summed E-state index contributed by atoms with van der Waals surface area (Å²) in [4.78, 5) is 78.4. The molecular formula is C45H44ClN15O4Os. The van der Waals surface area contributed by atoms with Gasteiger partial charge in [-0.1, -0.05) is 24.3 Å². The maximum absolute atomic E-state index is 12.7. The molecule has 0 bridgehead atoms. The zero-order valence-electron chi connectivity index (χ0n) is 35.4. The normalized spacial score (nSPS) is 10.6. The predicted molar refractivity (Wildman–Crippen MR) is 238 cm³/mol. The van der Waals surface area contributed by atoms with Crippen LogP contribution in [0.5, 0.6) is 0 Å². The van der Waals surface area contributed by atoms with Crippen LogP contribution in [0.4, 0.5) is 17.5 Å². The van der Waals surface area contributed by atoms with Crippen molar-refractivity contribution in [3.8, 4) is 22.8 Å². The van der Waals surface area contributed by atoms with Crippen LogP contribution in [0.1, 0.15) is 34.6 Å². The molecule has 0 aliphatic carbocycles. The third-order valence-corrected chi connectivity index (χ3v) is 9.18. The van der Waals surface area contributed by atoms with E-state index >= 15 is 0 Å². The molecule has 1 atom stereocenters. The smallest absolute Gasteiger partial charge is 1.00 e. The van der Waals surface area contributed by atoms with Crippen LogP contribution in [0.15, 0.2) is 141 Å². The number of carboxylic acids is 1. The number of anilines is 3. The first-order valence-electron chi connectivity index (χ1n) is 19.9. The molecule has 1 aromatic carbocycles. The maximum atomic E-state index is 12.7. The van der Waals surface area contributed by atoms with Gasteiger partial charge in [0.2, 0.25) is 11.9 Å². The van der Waals surface area contributed by atoms with Crippen LogP contribution >= 0.6 is 0 Å². The van der Waals surface area contributed by atoms with E-state index in [1.165, 1.54) is 0 Å². The van der Waals surface area contributed by atoms with Gasteiger partial charge >= 0.3 is 19.8 Å². The van der Waals surface area contributed by atoms with Crippen molar-refractivity contribution in [2.45, 2.75) is 31.8 Å². The number of nitrogens with one attached hydrogen (secondary N) is 3. The molecule has 0 aliphatic rings. The first-order valence-corrected chi connectivity index (χ1v) is 19.9. The van der Waals surface area contributed by atoms with E-state index in [0.29, 0.717) is 36.4 Å². The van der Waals surface area contributed by atoms with Gasteiger partial charge in [-0.25, -0.2) is 15.0 Å². The fraction of sp³-hybridized carbons (Fsp3) is 0.156. The monoisotopic (exact) mass is 1090 g/mol. The summed E-state index contributed by atoms with van der Waals surface area (Å²) < 4.78 is 0. The second kappa shape index (κ2) is 26.1. The summed E-state index contributed by atoms with van der Waals surface area (Å²) in [5.41, 5.74) is 18.3. The molecule has 0 unspecified atom stereocenters. The number of imidazole rings is 1. The number of H-pyrrole nitrogens is 1. The first-order chi connectivity index (χ1) is 31.1. The Hall–Kier alpha value is -7.81. The number of nitrogens with zero attached hydrogens (tertiary/aromatic N) is 10. The second-order valence-corrected chi connectivity index (χ2v) is 13.8. The summed E-state index contributed by atoms with van der Waals surface area (Å²) >= 11 is 0. The third kappa shape index (κ3) is 15.5. The number of nitrogens with two attached hydrogens (primary N) is 2. The number of aliphatic carboxylic acids is 1. The largest absolute Gasteiger partial charge is 2.00 e. The van der Waals surface area contributed by atoms with Crippen LogP contribution < -0.4 is 44.5 Å². The Bertz CT molecular complexity index is 2560. The van der Waals surface area contributed by atoms with Crippen molar-refractivity contribution < 1.29 is 51.7 Å². The Morgan fingerprint density at radius 3 is 1.79 bits per heavy atom. The number of halogens is 1. The minimum absolute atomic E-state index is 0. The molecular weight excluding hydrogens is 1040 g/mol. The molecule has 0 radical (unpaired) electrons. The summed E-state index contributed by atoms with van der Waals surface area (Å²) in [6, 6.07) is 28.4. The van der Waals surface area contributed by atoms with E-state index in [9.17, 15) is 19.5 Å². The number of fused-ring (bicyclic) bond motifs is 1. The molecule has 0 saturated carbocycles. The van der Waals surface area contributed by atoms with Crippen molar-refractivity contribution >= 4 is 46.4 Å². The zero-order chi connectivity index (χ0) is 45.1. The number of aromatic amines is 1. The number of rotatable bonds is 14. The summed E-state index contributed by atoms with van der Waals surface area (Å²) in [5.74, 6) is -2.25. The molecule has 19 nitrogen and oxygen atoms in total. The SMILES string of the molecule is CN(Cc1cnc2nc(N)nc(N)c2n1)c1ccc(C(=O)N[C@H](CCC(=O)NCCc2cnc[nH]2)C(=O)[O-])cc1.[Cl-].[Os+2].c1ccc(-c2ccccn2)nc1.c1ccc(-c2ccccn2)nc1. The Balaban J connectivity index is 0.000000295. The van der Waals surface area contributed by atoms with Crippen molar-refractivity contribution in [2.75, 3.05) is 30.0 Å². The van der Waals surface area contributed by atoms with E-state index in [1.807, 2.05) is 84.7 Å². The molecule has 21 heteroatoms. The van der Waals surface area contributed by atoms with Gasteiger partial charge in [0.25, 0.3) is 5.91 Å². The van der Waals surface area contributed by atoms with Gasteiger partial charge in [-0.3, -0.25) is 29.5 Å². The van der Waals surface area contributed by atoms with Crippen LogP contribution in [0, 0.1) is 0 Å². The van der Waals surface area contributed by atoms with E-state index in [0.717, 1.165) is 34.2 Å². The van der Waals surface area contributed by atoms with Crippen molar-refractivity contribution in [2.24, 2.45) is 0 Å². The average Bonchev–Trinajstić information content (AvgIpc) is 3.86. The number of hydrogen-bond acceptors (Lipinski definition) is 16. The molecule has 8 aromatic rings. The van der Waals surface area contributed by atoms with Gasteiger partial charge in [0.05, 0.1) is 59.5 Å². The van der Waals surface area contributed by atoms with Gasteiger partial charge in [-0.2, -0.15) is 9.97 Å². The Morgan fingerprint density at radius 2 is 1.30 bits per heavy atom. The number of hydrogen-bond donors (Lipinski definition) is 5. The topological polar surface area (TPSA) is 285 Å². The fourth-order valence-corrected chi connectivity index (χ4v) is 5.93. The molecule has 8 rings (SSSR count). The molecule has 66 heavy (non-hydrogen) atoms. The van der Waals surface area contributed by atoms with Crippen LogP contribution in [-0.4, -0.2) is 87.3 Å². The quantitative estimate of drug-likeness (QED) is 0.0974. The van der Waals surface area contributed by atoms with Gasteiger partial charge in [0, 0.05) is 74.4 Å². The number of aromatic nitrogens is 10. The molecule has 2 amide bonds. The summed E-state index contributed by atoms with van der Waals surface area (Å²) in [6.07, 6.45) is 12.2. The van der Waals surface area contributed by atoms with Crippen molar-refractivity contribution in [1.82, 2.24) is 60.5 Å². The third-order valence-electron chi connectivity index (χ3n) is 9.18. The molecule has 0 fully saturated rings. The fourth-order valence-electron chi connectivity index (χ4n) is 5.93. The maximum Gasteiger partial charge on any atom is 2.00 e. The number of nitrogen functional groups attached to an aromatic ring is 2. The number of carboxylic acid groups (broad SMARTS) is 1. The Morgan fingerprint density at radius 1 is 0.742 bits per heavy atom. The van der Waals surface area contributed by atoms with Gasteiger partial charge in [0.1, 0.15) is 0 Å².